The van der Waals surface area contributed by atoms with E-state index in [2.05, 4.69) is 36.7 Å². The Kier molecular flexibility index (Phi) is 4.09. The van der Waals surface area contributed by atoms with Crippen molar-refractivity contribution in [3.05, 3.63) is 58.1 Å². The fourth-order valence-electron chi connectivity index (χ4n) is 2.60. The maximum Gasteiger partial charge on any atom is 0.133 e. The second-order valence-corrected chi connectivity index (χ2v) is 6.89. The minimum atomic E-state index is -0.142. The molecule has 0 saturated carbocycles. The number of hydrogen-bond donors (Lipinski definition) is 2. The highest BCUT2D eigenvalue weighted by Gasteiger charge is 2.32. The highest BCUT2D eigenvalue weighted by atomic mass is 79.9. The standard InChI is InChI=1S/C17H19BrO2/c1-17(2,3)15(11-7-4-5-10-14(11)19)12-8-6-9-13(18)16(12)20/h4-10,15,19-20H,1-3H3/t15-/m0/s1. The van der Waals surface area contributed by atoms with Gasteiger partial charge in [0.1, 0.15) is 11.5 Å². The first-order valence-corrected chi connectivity index (χ1v) is 7.37. The molecule has 0 bridgehead atoms. The number of hydrogen-bond acceptors (Lipinski definition) is 2. The van der Waals surface area contributed by atoms with E-state index in [4.69, 9.17) is 0 Å². The predicted molar refractivity (Wildman–Crippen MR) is 85.2 cm³/mol. The fraction of sp³-hybridized carbons (Fsp3) is 0.294. The summed E-state index contributed by atoms with van der Waals surface area (Å²) in [5, 5.41) is 20.5. The van der Waals surface area contributed by atoms with Crippen LogP contribution in [0.3, 0.4) is 0 Å². The van der Waals surface area contributed by atoms with Gasteiger partial charge in [-0.05, 0) is 33.5 Å². The zero-order valence-electron chi connectivity index (χ0n) is 11.9. The van der Waals surface area contributed by atoms with Crippen LogP contribution in [0, 0.1) is 5.41 Å². The van der Waals surface area contributed by atoms with Gasteiger partial charge in [0.15, 0.2) is 0 Å². The van der Waals surface area contributed by atoms with Gasteiger partial charge in [0.2, 0.25) is 0 Å². The molecule has 3 heteroatoms. The molecule has 0 radical (unpaired) electrons. The third-order valence-electron chi connectivity index (χ3n) is 3.44. The van der Waals surface area contributed by atoms with Gasteiger partial charge in [-0.15, -0.1) is 0 Å². The van der Waals surface area contributed by atoms with Crippen LogP contribution in [0.1, 0.15) is 37.8 Å². The Morgan fingerprint density at radius 3 is 2.10 bits per heavy atom. The van der Waals surface area contributed by atoms with E-state index >= 15 is 0 Å². The van der Waals surface area contributed by atoms with Gasteiger partial charge in [-0.3, -0.25) is 0 Å². The number of para-hydroxylation sites is 2. The van der Waals surface area contributed by atoms with Gasteiger partial charge in [0, 0.05) is 17.0 Å². The van der Waals surface area contributed by atoms with Crippen molar-refractivity contribution in [1.82, 2.24) is 0 Å². The van der Waals surface area contributed by atoms with E-state index in [0.717, 1.165) is 11.1 Å². The summed E-state index contributed by atoms with van der Waals surface area (Å²) < 4.78 is 0.666. The van der Waals surface area contributed by atoms with Crippen LogP contribution in [0.4, 0.5) is 0 Å². The number of rotatable bonds is 2. The molecular formula is C17H19BrO2. The monoisotopic (exact) mass is 334 g/mol. The molecule has 0 spiro atoms. The quantitative estimate of drug-likeness (QED) is 0.807. The maximum atomic E-state index is 10.4. The van der Waals surface area contributed by atoms with Crippen molar-refractivity contribution in [2.75, 3.05) is 0 Å². The molecule has 2 rings (SSSR count). The highest BCUT2D eigenvalue weighted by Crippen LogP contribution is 2.47. The molecule has 2 N–H and O–H groups in total. The topological polar surface area (TPSA) is 40.5 Å². The summed E-state index contributed by atoms with van der Waals surface area (Å²) in [6.45, 7) is 6.30. The number of phenolic OH excluding ortho intramolecular Hbond substituents is 2. The molecule has 0 aliphatic heterocycles. The first kappa shape index (κ1) is 14.9. The van der Waals surface area contributed by atoms with E-state index in [0.29, 0.717) is 4.47 Å². The molecule has 0 aromatic heterocycles. The summed E-state index contributed by atoms with van der Waals surface area (Å²) in [5.74, 6) is 0.392. The molecule has 0 saturated heterocycles. The summed E-state index contributed by atoms with van der Waals surface area (Å²) in [6, 6.07) is 12.9. The lowest BCUT2D eigenvalue weighted by molar-refractivity contribution is 0.337. The Morgan fingerprint density at radius 1 is 0.900 bits per heavy atom. The van der Waals surface area contributed by atoms with Crippen molar-refractivity contribution in [2.45, 2.75) is 26.7 Å². The van der Waals surface area contributed by atoms with Gasteiger partial charge < -0.3 is 10.2 Å². The molecule has 2 nitrogen and oxygen atoms in total. The molecule has 0 aliphatic rings. The van der Waals surface area contributed by atoms with Crippen LogP contribution in [-0.2, 0) is 0 Å². The molecule has 2 aromatic rings. The summed E-state index contributed by atoms with van der Waals surface area (Å²) >= 11 is 3.36. The van der Waals surface area contributed by atoms with Crippen LogP contribution in [0.15, 0.2) is 46.9 Å². The molecule has 106 valence electrons. The molecule has 0 fully saturated rings. The van der Waals surface area contributed by atoms with Crippen molar-refractivity contribution in [3.8, 4) is 11.5 Å². The Morgan fingerprint density at radius 2 is 1.50 bits per heavy atom. The van der Waals surface area contributed by atoms with E-state index < -0.39 is 0 Å². The fourth-order valence-corrected chi connectivity index (χ4v) is 2.98. The Bertz CT molecular complexity index is 615. The summed E-state index contributed by atoms with van der Waals surface area (Å²) in [6.07, 6.45) is 0. The largest absolute Gasteiger partial charge is 0.508 e. The molecule has 20 heavy (non-hydrogen) atoms. The smallest absolute Gasteiger partial charge is 0.133 e. The van der Waals surface area contributed by atoms with E-state index in [-0.39, 0.29) is 22.8 Å². The Hall–Kier alpha value is -1.48. The predicted octanol–water partition coefficient (Wildman–Crippen LogP) is 5.04. The highest BCUT2D eigenvalue weighted by molar-refractivity contribution is 9.10. The van der Waals surface area contributed by atoms with Crippen LogP contribution >= 0.6 is 15.9 Å². The average molecular weight is 335 g/mol. The van der Waals surface area contributed by atoms with Crippen LogP contribution < -0.4 is 0 Å². The van der Waals surface area contributed by atoms with E-state index in [9.17, 15) is 10.2 Å². The van der Waals surface area contributed by atoms with E-state index in [1.807, 2.05) is 30.3 Å². The van der Waals surface area contributed by atoms with E-state index in [1.165, 1.54) is 0 Å². The van der Waals surface area contributed by atoms with Crippen LogP contribution in [-0.4, -0.2) is 10.2 Å². The van der Waals surface area contributed by atoms with E-state index in [1.54, 1.807) is 12.1 Å². The number of halogens is 1. The zero-order valence-corrected chi connectivity index (χ0v) is 13.5. The SMILES string of the molecule is CC(C)(C)[C@@H](c1ccccc1O)c1cccc(Br)c1O. The third-order valence-corrected chi connectivity index (χ3v) is 4.08. The summed E-state index contributed by atoms with van der Waals surface area (Å²) in [4.78, 5) is 0. The average Bonchev–Trinajstić information content (AvgIpc) is 2.36. The minimum absolute atomic E-state index is 0.0961. The molecule has 0 heterocycles. The normalized spacial score (nSPS) is 13.2. The Balaban J connectivity index is 2.67. The molecule has 0 amide bonds. The Labute approximate surface area is 128 Å². The van der Waals surface area contributed by atoms with Gasteiger partial charge in [0.05, 0.1) is 4.47 Å². The van der Waals surface area contributed by atoms with Crippen molar-refractivity contribution >= 4 is 15.9 Å². The lowest BCUT2D eigenvalue weighted by atomic mass is 9.72. The number of benzene rings is 2. The second kappa shape index (κ2) is 5.49. The number of aromatic hydroxyl groups is 2. The molecule has 0 aliphatic carbocycles. The number of phenols is 2. The molecule has 2 aromatic carbocycles. The summed E-state index contributed by atoms with van der Waals surface area (Å²) in [7, 11) is 0. The van der Waals surface area contributed by atoms with Gasteiger partial charge in [-0.1, -0.05) is 51.1 Å². The third kappa shape index (κ3) is 2.83. The van der Waals surface area contributed by atoms with Crippen molar-refractivity contribution in [1.29, 1.82) is 0 Å². The lowest BCUT2D eigenvalue weighted by Crippen LogP contribution is -2.20. The maximum absolute atomic E-state index is 10.4. The van der Waals surface area contributed by atoms with Gasteiger partial charge in [-0.2, -0.15) is 0 Å². The molecular weight excluding hydrogens is 316 g/mol. The molecule has 0 unspecified atom stereocenters. The van der Waals surface area contributed by atoms with Gasteiger partial charge >= 0.3 is 0 Å². The van der Waals surface area contributed by atoms with Crippen LogP contribution in [0.2, 0.25) is 0 Å². The van der Waals surface area contributed by atoms with Gasteiger partial charge in [0.25, 0.3) is 0 Å². The zero-order chi connectivity index (χ0) is 14.9. The van der Waals surface area contributed by atoms with Crippen LogP contribution in [0.5, 0.6) is 11.5 Å². The van der Waals surface area contributed by atoms with Crippen molar-refractivity contribution < 1.29 is 10.2 Å². The first-order chi connectivity index (χ1) is 9.32. The van der Waals surface area contributed by atoms with Crippen molar-refractivity contribution in [2.24, 2.45) is 5.41 Å². The summed E-state index contributed by atoms with van der Waals surface area (Å²) in [5.41, 5.74) is 1.50. The first-order valence-electron chi connectivity index (χ1n) is 6.57. The van der Waals surface area contributed by atoms with Gasteiger partial charge in [-0.25, -0.2) is 0 Å². The molecule has 1 atom stereocenters. The minimum Gasteiger partial charge on any atom is -0.508 e. The van der Waals surface area contributed by atoms with Crippen molar-refractivity contribution in [3.63, 3.8) is 0 Å². The lowest BCUT2D eigenvalue weighted by Gasteiger charge is -2.32. The van der Waals surface area contributed by atoms with Crippen LogP contribution in [0.25, 0.3) is 0 Å². The second-order valence-electron chi connectivity index (χ2n) is 6.04.